The third kappa shape index (κ3) is 4.39. The lowest BCUT2D eigenvalue weighted by Gasteiger charge is -2.06. The van der Waals surface area contributed by atoms with Crippen LogP contribution < -0.4 is 0 Å². The molecule has 0 saturated heterocycles. The number of aliphatic imine (C=N–C) groups is 1. The standard InChI is InChI=1S/C29H23NO/c31-29(25-14-11-22(12-15-25)17-21-7-3-1-4-8-21)19-23-13-16-26-20-28(30-27(26)18-23)24-9-5-2-6-10-24/h1-16,18H,17,19-20H2. The van der Waals surface area contributed by atoms with Gasteiger partial charge in [0.15, 0.2) is 5.78 Å². The van der Waals surface area contributed by atoms with Gasteiger partial charge in [-0.05, 0) is 40.3 Å². The molecule has 4 aromatic carbocycles. The molecular weight excluding hydrogens is 378 g/mol. The Morgan fingerprint density at radius 2 is 1.35 bits per heavy atom. The van der Waals surface area contributed by atoms with E-state index in [2.05, 4.69) is 66.7 Å². The van der Waals surface area contributed by atoms with Gasteiger partial charge in [-0.3, -0.25) is 9.79 Å². The molecule has 150 valence electrons. The van der Waals surface area contributed by atoms with Crippen LogP contribution in [-0.4, -0.2) is 11.5 Å². The Labute approximate surface area is 182 Å². The van der Waals surface area contributed by atoms with Gasteiger partial charge in [-0.2, -0.15) is 0 Å². The minimum absolute atomic E-state index is 0.136. The van der Waals surface area contributed by atoms with Crippen LogP contribution in [0.5, 0.6) is 0 Å². The van der Waals surface area contributed by atoms with Gasteiger partial charge in [0.2, 0.25) is 0 Å². The van der Waals surface area contributed by atoms with Gasteiger partial charge in [-0.25, -0.2) is 0 Å². The van der Waals surface area contributed by atoms with E-state index in [4.69, 9.17) is 4.99 Å². The first-order chi connectivity index (χ1) is 15.2. The molecule has 2 nitrogen and oxygen atoms in total. The summed E-state index contributed by atoms with van der Waals surface area (Å²) in [6.07, 6.45) is 2.11. The highest BCUT2D eigenvalue weighted by Gasteiger charge is 2.17. The molecule has 31 heavy (non-hydrogen) atoms. The molecule has 0 aliphatic carbocycles. The van der Waals surface area contributed by atoms with Gasteiger partial charge < -0.3 is 0 Å². The summed E-state index contributed by atoms with van der Waals surface area (Å²) in [6.45, 7) is 0. The largest absolute Gasteiger partial charge is 0.294 e. The van der Waals surface area contributed by atoms with Gasteiger partial charge >= 0.3 is 0 Å². The van der Waals surface area contributed by atoms with Crippen molar-refractivity contribution in [2.75, 3.05) is 0 Å². The summed E-state index contributed by atoms with van der Waals surface area (Å²) < 4.78 is 0. The van der Waals surface area contributed by atoms with Gasteiger partial charge in [0.05, 0.1) is 11.4 Å². The highest BCUT2D eigenvalue weighted by molar-refractivity contribution is 6.06. The summed E-state index contributed by atoms with van der Waals surface area (Å²) in [7, 11) is 0. The summed E-state index contributed by atoms with van der Waals surface area (Å²) >= 11 is 0. The summed E-state index contributed by atoms with van der Waals surface area (Å²) in [4.78, 5) is 17.7. The molecule has 0 fully saturated rings. The van der Waals surface area contributed by atoms with Gasteiger partial charge in [-0.1, -0.05) is 97.1 Å². The average Bonchev–Trinajstić information content (AvgIpc) is 3.24. The van der Waals surface area contributed by atoms with E-state index in [1.54, 1.807) is 0 Å². The number of nitrogens with zero attached hydrogens (tertiary/aromatic N) is 1. The zero-order valence-corrected chi connectivity index (χ0v) is 17.3. The van der Waals surface area contributed by atoms with E-state index in [-0.39, 0.29) is 5.78 Å². The normalized spacial score (nSPS) is 12.3. The molecule has 5 rings (SSSR count). The van der Waals surface area contributed by atoms with Gasteiger partial charge in [0.1, 0.15) is 0 Å². The number of hydrogen-bond acceptors (Lipinski definition) is 2. The second-order valence-electron chi connectivity index (χ2n) is 8.02. The Bertz CT molecular complexity index is 1240. The zero-order chi connectivity index (χ0) is 21.0. The number of hydrogen-bond donors (Lipinski definition) is 0. The molecule has 0 saturated carbocycles. The number of Topliss-reactive ketones (excluding diaryl/α,β-unsaturated/α-hetero) is 1. The van der Waals surface area contributed by atoms with E-state index in [0.29, 0.717) is 6.42 Å². The van der Waals surface area contributed by atoms with Crippen molar-refractivity contribution >= 4 is 17.2 Å². The second-order valence-corrected chi connectivity index (χ2v) is 8.02. The third-order valence-electron chi connectivity index (χ3n) is 5.76. The highest BCUT2D eigenvalue weighted by atomic mass is 16.1. The van der Waals surface area contributed by atoms with Crippen LogP contribution in [0.4, 0.5) is 5.69 Å². The first kappa shape index (κ1) is 19.2. The van der Waals surface area contributed by atoms with E-state index >= 15 is 0 Å². The van der Waals surface area contributed by atoms with Crippen LogP contribution in [0.1, 0.15) is 38.2 Å². The minimum atomic E-state index is 0.136. The van der Waals surface area contributed by atoms with Gasteiger partial charge in [0, 0.05) is 18.4 Å². The minimum Gasteiger partial charge on any atom is -0.294 e. The lowest BCUT2D eigenvalue weighted by molar-refractivity contribution is 0.0993. The SMILES string of the molecule is O=C(Cc1ccc2c(c1)N=C(c1ccccc1)C2)c1ccc(Cc2ccccc2)cc1. The maximum Gasteiger partial charge on any atom is 0.167 e. The first-order valence-electron chi connectivity index (χ1n) is 10.7. The maximum absolute atomic E-state index is 12.8. The Hall–Kier alpha value is -3.78. The van der Waals surface area contributed by atoms with Crippen LogP contribution in [0, 0.1) is 0 Å². The van der Waals surface area contributed by atoms with Crippen molar-refractivity contribution in [3.8, 4) is 0 Å². The second kappa shape index (κ2) is 8.53. The van der Waals surface area contributed by atoms with Crippen molar-refractivity contribution in [3.63, 3.8) is 0 Å². The number of carbonyl (C=O) groups excluding carboxylic acids is 1. The average molecular weight is 402 g/mol. The maximum atomic E-state index is 12.8. The van der Waals surface area contributed by atoms with Crippen LogP contribution in [0.25, 0.3) is 0 Å². The van der Waals surface area contributed by atoms with Gasteiger partial charge in [0.25, 0.3) is 0 Å². The molecule has 0 bridgehead atoms. The van der Waals surface area contributed by atoms with E-state index in [0.717, 1.165) is 40.9 Å². The summed E-state index contributed by atoms with van der Waals surface area (Å²) in [5.74, 6) is 0.136. The summed E-state index contributed by atoms with van der Waals surface area (Å²) in [6, 6.07) is 34.9. The van der Waals surface area contributed by atoms with Crippen LogP contribution in [0.2, 0.25) is 0 Å². The fourth-order valence-electron chi connectivity index (χ4n) is 4.06. The Morgan fingerprint density at radius 3 is 2.10 bits per heavy atom. The van der Waals surface area contributed by atoms with Crippen LogP contribution in [0.3, 0.4) is 0 Å². The molecule has 1 aliphatic heterocycles. The fraction of sp³-hybridized carbons (Fsp3) is 0.103. The molecular formula is C29H23NO. The zero-order valence-electron chi connectivity index (χ0n) is 17.3. The molecule has 0 aromatic heterocycles. The molecule has 0 amide bonds. The summed E-state index contributed by atoms with van der Waals surface area (Å²) in [5.41, 5.74) is 8.71. The Kier molecular flexibility index (Phi) is 5.28. The number of fused-ring (bicyclic) bond motifs is 1. The third-order valence-corrected chi connectivity index (χ3v) is 5.76. The predicted octanol–water partition coefficient (Wildman–Crippen LogP) is 6.38. The molecule has 0 spiro atoms. The van der Waals surface area contributed by atoms with Crippen molar-refractivity contribution in [3.05, 3.63) is 137 Å². The van der Waals surface area contributed by atoms with E-state index in [9.17, 15) is 4.79 Å². The van der Waals surface area contributed by atoms with Crippen molar-refractivity contribution < 1.29 is 4.79 Å². The highest BCUT2D eigenvalue weighted by Crippen LogP contribution is 2.30. The first-order valence-corrected chi connectivity index (χ1v) is 10.7. The van der Waals surface area contributed by atoms with Crippen LogP contribution in [-0.2, 0) is 19.3 Å². The fourth-order valence-corrected chi connectivity index (χ4v) is 4.06. The van der Waals surface area contributed by atoms with Crippen LogP contribution in [0.15, 0.2) is 108 Å². The van der Waals surface area contributed by atoms with Crippen molar-refractivity contribution in [1.29, 1.82) is 0 Å². The monoisotopic (exact) mass is 401 g/mol. The molecule has 1 heterocycles. The van der Waals surface area contributed by atoms with Crippen molar-refractivity contribution in [1.82, 2.24) is 0 Å². The van der Waals surface area contributed by atoms with E-state index in [1.807, 2.05) is 36.4 Å². The topological polar surface area (TPSA) is 29.4 Å². The molecule has 4 aromatic rings. The van der Waals surface area contributed by atoms with E-state index in [1.165, 1.54) is 16.7 Å². The molecule has 2 heteroatoms. The molecule has 0 radical (unpaired) electrons. The lowest BCUT2D eigenvalue weighted by Crippen LogP contribution is -2.04. The number of ketones is 1. The Balaban J connectivity index is 1.28. The number of rotatable bonds is 6. The molecule has 1 aliphatic rings. The molecule has 0 N–H and O–H groups in total. The Morgan fingerprint density at radius 1 is 0.710 bits per heavy atom. The smallest absolute Gasteiger partial charge is 0.167 e. The van der Waals surface area contributed by atoms with E-state index < -0.39 is 0 Å². The number of carbonyl (C=O) groups is 1. The number of benzene rings is 4. The van der Waals surface area contributed by atoms with Crippen LogP contribution >= 0.6 is 0 Å². The molecule has 0 unspecified atom stereocenters. The quantitative estimate of drug-likeness (QED) is 0.345. The molecule has 0 atom stereocenters. The summed E-state index contributed by atoms with van der Waals surface area (Å²) in [5, 5.41) is 0. The predicted molar refractivity (Wildman–Crippen MR) is 127 cm³/mol. The van der Waals surface area contributed by atoms with Gasteiger partial charge in [-0.15, -0.1) is 0 Å². The van der Waals surface area contributed by atoms with Crippen molar-refractivity contribution in [2.24, 2.45) is 4.99 Å². The lowest BCUT2D eigenvalue weighted by atomic mass is 9.98. The van der Waals surface area contributed by atoms with Crippen molar-refractivity contribution in [2.45, 2.75) is 19.3 Å².